The molecule has 1 aliphatic heterocycles. The zero-order chi connectivity index (χ0) is 25.3. The number of nitrogens with zero attached hydrogens (tertiary/aromatic N) is 1. The summed E-state index contributed by atoms with van der Waals surface area (Å²) in [6.45, 7) is 1.88. The summed E-state index contributed by atoms with van der Waals surface area (Å²) in [5.41, 5.74) is -0.755. The molecule has 1 aromatic heterocycles. The van der Waals surface area contributed by atoms with E-state index in [9.17, 15) is 27.9 Å². The lowest BCUT2D eigenvalue weighted by atomic mass is 9.99. The van der Waals surface area contributed by atoms with E-state index in [4.69, 9.17) is 16.3 Å². The van der Waals surface area contributed by atoms with Crippen molar-refractivity contribution in [2.45, 2.75) is 25.7 Å². The van der Waals surface area contributed by atoms with Crippen molar-refractivity contribution in [1.29, 1.82) is 0 Å². The van der Waals surface area contributed by atoms with Crippen LogP contribution in [-0.4, -0.2) is 28.3 Å². The number of halogens is 4. The van der Waals surface area contributed by atoms with Gasteiger partial charge in [-0.2, -0.15) is 13.2 Å². The van der Waals surface area contributed by atoms with Crippen LogP contribution in [0.3, 0.4) is 0 Å². The number of likely N-dealkylation sites (tertiary alicyclic amines) is 1. The smallest absolute Gasteiger partial charge is 0.416 e. The van der Waals surface area contributed by atoms with Gasteiger partial charge in [0.1, 0.15) is 11.5 Å². The van der Waals surface area contributed by atoms with Crippen molar-refractivity contribution in [3.63, 3.8) is 0 Å². The van der Waals surface area contributed by atoms with Crippen molar-refractivity contribution in [1.82, 2.24) is 4.90 Å². The molecule has 5 nitrogen and oxygen atoms in total. The fourth-order valence-electron chi connectivity index (χ4n) is 3.92. The SMILES string of the molecule is CCOc1ccc(Cl)c(/C(O)=C2/C(=O)C(=O)N(Cc3cccc(C(F)(F)F)c3)C2c2cccs2)c1. The van der Waals surface area contributed by atoms with Crippen LogP contribution in [-0.2, 0) is 22.3 Å². The Bertz CT molecular complexity index is 1300. The number of aliphatic hydroxyl groups excluding tert-OH is 1. The number of benzene rings is 2. The zero-order valence-corrected chi connectivity index (χ0v) is 19.9. The molecule has 1 unspecified atom stereocenters. The summed E-state index contributed by atoms with van der Waals surface area (Å²) in [4.78, 5) is 27.9. The third-order valence-electron chi connectivity index (χ3n) is 5.46. The monoisotopic (exact) mass is 521 g/mol. The maximum absolute atomic E-state index is 13.2. The van der Waals surface area contributed by atoms with Crippen molar-refractivity contribution < 1.29 is 32.6 Å². The number of carbonyl (C=O) groups is 2. The number of hydrogen-bond donors (Lipinski definition) is 1. The van der Waals surface area contributed by atoms with Gasteiger partial charge in [-0.15, -0.1) is 11.3 Å². The van der Waals surface area contributed by atoms with E-state index in [1.165, 1.54) is 35.6 Å². The molecule has 1 aliphatic rings. The summed E-state index contributed by atoms with van der Waals surface area (Å²) < 4.78 is 45.1. The maximum atomic E-state index is 13.2. The highest BCUT2D eigenvalue weighted by Crippen LogP contribution is 2.43. The molecule has 0 radical (unpaired) electrons. The molecular formula is C25H19ClF3NO4S. The summed E-state index contributed by atoms with van der Waals surface area (Å²) in [7, 11) is 0. The summed E-state index contributed by atoms with van der Waals surface area (Å²) in [6, 6.07) is 11.5. The molecule has 1 amide bonds. The number of ketones is 1. The highest BCUT2D eigenvalue weighted by atomic mass is 35.5. The van der Waals surface area contributed by atoms with E-state index in [0.717, 1.165) is 17.0 Å². The third kappa shape index (κ3) is 4.92. The fraction of sp³-hybridized carbons (Fsp3) is 0.200. The highest BCUT2D eigenvalue weighted by molar-refractivity contribution is 7.10. The van der Waals surface area contributed by atoms with Gasteiger partial charge in [-0.05, 0) is 54.3 Å². The molecule has 2 aromatic carbocycles. The number of thiophene rings is 1. The Morgan fingerprint density at radius 2 is 1.91 bits per heavy atom. The first kappa shape index (κ1) is 24.8. The second-order valence-corrected chi connectivity index (χ2v) is 9.10. The Morgan fingerprint density at radius 3 is 2.57 bits per heavy atom. The number of rotatable bonds is 6. The number of alkyl halides is 3. The van der Waals surface area contributed by atoms with Crippen LogP contribution in [0, 0.1) is 0 Å². The van der Waals surface area contributed by atoms with E-state index in [-0.39, 0.29) is 28.3 Å². The lowest BCUT2D eigenvalue weighted by molar-refractivity contribution is -0.140. The van der Waals surface area contributed by atoms with Gasteiger partial charge in [-0.1, -0.05) is 29.8 Å². The van der Waals surface area contributed by atoms with Crippen molar-refractivity contribution >= 4 is 40.4 Å². The Labute approximate surface area is 208 Å². The predicted molar refractivity (Wildman–Crippen MR) is 126 cm³/mol. The number of Topliss-reactive ketones (excluding diaryl/α,β-unsaturated/α-hetero) is 1. The van der Waals surface area contributed by atoms with Crippen LogP contribution >= 0.6 is 22.9 Å². The van der Waals surface area contributed by atoms with E-state index in [1.807, 2.05) is 0 Å². The lowest BCUT2D eigenvalue weighted by Crippen LogP contribution is -2.29. The zero-order valence-electron chi connectivity index (χ0n) is 18.3. The van der Waals surface area contributed by atoms with Crippen molar-refractivity contribution in [3.05, 3.63) is 92.1 Å². The summed E-state index contributed by atoms with van der Waals surface area (Å²) in [6.07, 6.45) is -4.56. The lowest BCUT2D eigenvalue weighted by Gasteiger charge is -2.24. The highest BCUT2D eigenvalue weighted by Gasteiger charge is 2.47. The molecule has 10 heteroatoms. The molecule has 4 rings (SSSR count). The molecular weight excluding hydrogens is 503 g/mol. The summed E-state index contributed by atoms with van der Waals surface area (Å²) >= 11 is 7.54. The van der Waals surface area contributed by atoms with Crippen LogP contribution in [0.5, 0.6) is 5.75 Å². The second kappa shape index (κ2) is 9.75. The number of amides is 1. The first-order valence-electron chi connectivity index (χ1n) is 10.5. The Hall–Kier alpha value is -3.30. The summed E-state index contributed by atoms with van der Waals surface area (Å²) in [5.74, 6) is -1.96. The minimum absolute atomic E-state index is 0.108. The molecule has 2 heterocycles. The molecule has 1 atom stereocenters. The Kier molecular flexibility index (Phi) is 6.91. The van der Waals surface area contributed by atoms with Gasteiger partial charge in [0.15, 0.2) is 0 Å². The average molecular weight is 522 g/mol. The Balaban J connectivity index is 1.82. The Morgan fingerprint density at radius 1 is 1.14 bits per heavy atom. The summed E-state index contributed by atoms with van der Waals surface area (Å²) in [5, 5.41) is 13.1. The molecule has 182 valence electrons. The van der Waals surface area contributed by atoms with Gasteiger partial charge in [-0.3, -0.25) is 9.59 Å². The normalized spacial score (nSPS) is 17.7. The van der Waals surface area contributed by atoms with Gasteiger partial charge in [0.05, 0.1) is 28.8 Å². The molecule has 1 saturated heterocycles. The van der Waals surface area contributed by atoms with Crippen LogP contribution < -0.4 is 4.74 Å². The van der Waals surface area contributed by atoms with Gasteiger partial charge in [0.25, 0.3) is 11.7 Å². The molecule has 0 spiro atoms. The topological polar surface area (TPSA) is 66.8 Å². The molecule has 3 aromatic rings. The van der Waals surface area contributed by atoms with E-state index in [0.29, 0.717) is 17.2 Å². The maximum Gasteiger partial charge on any atom is 0.416 e. The first-order valence-corrected chi connectivity index (χ1v) is 11.8. The third-order valence-corrected chi connectivity index (χ3v) is 6.72. The predicted octanol–water partition coefficient (Wildman–Crippen LogP) is 6.44. The van der Waals surface area contributed by atoms with E-state index in [2.05, 4.69) is 0 Å². The van der Waals surface area contributed by atoms with Gasteiger partial charge in [0.2, 0.25) is 0 Å². The van der Waals surface area contributed by atoms with Gasteiger partial charge >= 0.3 is 6.18 Å². The second-order valence-electron chi connectivity index (χ2n) is 7.72. The van der Waals surface area contributed by atoms with Crippen LogP contribution in [0.2, 0.25) is 5.02 Å². The number of ether oxygens (including phenoxy) is 1. The molecule has 0 bridgehead atoms. The van der Waals surface area contributed by atoms with Gasteiger partial charge in [0, 0.05) is 17.0 Å². The van der Waals surface area contributed by atoms with Crippen molar-refractivity contribution in [2.24, 2.45) is 0 Å². The van der Waals surface area contributed by atoms with Crippen LogP contribution in [0.15, 0.2) is 65.6 Å². The molecule has 1 N–H and O–H groups in total. The minimum Gasteiger partial charge on any atom is -0.507 e. The number of aliphatic hydroxyl groups is 1. The van der Waals surface area contributed by atoms with Gasteiger partial charge < -0.3 is 14.7 Å². The van der Waals surface area contributed by atoms with Crippen molar-refractivity contribution in [3.8, 4) is 5.75 Å². The molecule has 35 heavy (non-hydrogen) atoms. The van der Waals surface area contributed by atoms with Gasteiger partial charge in [-0.25, -0.2) is 0 Å². The minimum atomic E-state index is -4.56. The van der Waals surface area contributed by atoms with Crippen LogP contribution in [0.1, 0.15) is 34.5 Å². The fourth-order valence-corrected chi connectivity index (χ4v) is 4.97. The van der Waals surface area contributed by atoms with Crippen molar-refractivity contribution in [2.75, 3.05) is 6.61 Å². The molecule has 0 aliphatic carbocycles. The van der Waals surface area contributed by atoms with E-state index >= 15 is 0 Å². The molecule has 1 fully saturated rings. The number of hydrogen-bond acceptors (Lipinski definition) is 5. The first-order chi connectivity index (χ1) is 16.6. The largest absolute Gasteiger partial charge is 0.507 e. The van der Waals surface area contributed by atoms with Crippen LogP contribution in [0.25, 0.3) is 5.76 Å². The standard InChI is InChI=1S/C25H19ClF3NO4S/c1-2-34-16-8-9-18(26)17(12-16)22(31)20-21(19-7-4-10-35-19)30(24(33)23(20)32)13-14-5-3-6-15(11-14)25(27,28)29/h3-12,21,31H,2,13H2,1H3/b22-20-. The number of carbonyl (C=O) groups excluding carboxylic acids is 2. The van der Waals surface area contributed by atoms with E-state index < -0.39 is 35.2 Å². The van der Waals surface area contributed by atoms with Crippen LogP contribution in [0.4, 0.5) is 13.2 Å². The average Bonchev–Trinajstić information content (AvgIpc) is 3.42. The molecule has 0 saturated carbocycles. The van der Waals surface area contributed by atoms with E-state index in [1.54, 1.807) is 30.5 Å². The quantitative estimate of drug-likeness (QED) is 0.230.